The summed E-state index contributed by atoms with van der Waals surface area (Å²) in [5.74, 6) is -0.782. The zero-order valence-corrected chi connectivity index (χ0v) is 12.3. The first-order chi connectivity index (χ1) is 10.8. The Morgan fingerprint density at radius 1 is 1.17 bits per heavy atom. The van der Waals surface area contributed by atoms with E-state index < -0.39 is 30.2 Å². The molecule has 5 nitrogen and oxygen atoms in total. The Morgan fingerprint density at radius 3 is 2.52 bits per heavy atom. The summed E-state index contributed by atoms with van der Waals surface area (Å²) in [7, 11) is 0. The van der Waals surface area contributed by atoms with Gasteiger partial charge in [0, 0.05) is 26.1 Å². The molecule has 8 heteroatoms. The molecule has 0 aromatic heterocycles. The van der Waals surface area contributed by atoms with Crippen molar-refractivity contribution in [2.75, 3.05) is 26.2 Å². The Labute approximate surface area is 131 Å². The fourth-order valence-electron chi connectivity index (χ4n) is 3.23. The number of imide groups is 1. The van der Waals surface area contributed by atoms with E-state index in [0.717, 1.165) is 5.56 Å². The highest BCUT2D eigenvalue weighted by Gasteiger charge is 2.59. The number of hydrogen-bond donors (Lipinski definition) is 1. The van der Waals surface area contributed by atoms with Gasteiger partial charge in [-0.25, -0.2) is 4.79 Å². The van der Waals surface area contributed by atoms with Gasteiger partial charge in [0.25, 0.3) is 5.91 Å². The molecule has 1 aromatic carbocycles. The molecule has 1 atom stereocenters. The number of halogens is 3. The van der Waals surface area contributed by atoms with Gasteiger partial charge in [-0.05, 0) is 5.56 Å². The summed E-state index contributed by atoms with van der Waals surface area (Å²) in [5.41, 5.74) is -0.474. The Kier molecular flexibility index (Phi) is 3.79. The van der Waals surface area contributed by atoms with Gasteiger partial charge in [0.05, 0.1) is 0 Å². The number of nitrogens with zero attached hydrogens (tertiary/aromatic N) is 2. The summed E-state index contributed by atoms with van der Waals surface area (Å²) in [6, 6.07) is 8.14. The van der Waals surface area contributed by atoms with Gasteiger partial charge in [0.1, 0.15) is 12.1 Å². The van der Waals surface area contributed by atoms with Gasteiger partial charge in [-0.3, -0.25) is 9.69 Å². The number of fused-ring (bicyclic) bond motifs is 1. The van der Waals surface area contributed by atoms with Crippen LogP contribution in [-0.4, -0.2) is 59.6 Å². The van der Waals surface area contributed by atoms with Crippen molar-refractivity contribution in [1.29, 1.82) is 0 Å². The molecule has 2 aliphatic heterocycles. The predicted molar refractivity (Wildman–Crippen MR) is 75.6 cm³/mol. The predicted octanol–water partition coefficient (Wildman–Crippen LogP) is 1.40. The van der Waals surface area contributed by atoms with Crippen molar-refractivity contribution in [2.24, 2.45) is 0 Å². The van der Waals surface area contributed by atoms with Crippen molar-refractivity contribution in [1.82, 2.24) is 15.1 Å². The number of alkyl halides is 3. The molecular formula is C15H16F3N3O2. The Morgan fingerprint density at radius 2 is 1.87 bits per heavy atom. The molecule has 1 unspecified atom stereocenters. The number of piperazine rings is 1. The standard InChI is InChI=1S/C15H16F3N3O2/c16-15(17,18)10-20-12(22)14(8-11-4-2-1-3-5-11)9-19-6-7-21(14)13(20)23/h1-5,19H,6-10H2. The summed E-state index contributed by atoms with van der Waals surface area (Å²) in [6.07, 6.45) is -4.42. The van der Waals surface area contributed by atoms with Gasteiger partial charge >= 0.3 is 12.2 Å². The van der Waals surface area contributed by atoms with E-state index in [4.69, 9.17) is 0 Å². The fraction of sp³-hybridized carbons (Fsp3) is 0.467. The normalized spacial score (nSPS) is 25.0. The smallest absolute Gasteiger partial charge is 0.312 e. The maximum atomic E-state index is 12.7. The summed E-state index contributed by atoms with van der Waals surface area (Å²) < 4.78 is 38.1. The van der Waals surface area contributed by atoms with E-state index in [1.54, 1.807) is 24.3 Å². The summed E-state index contributed by atoms with van der Waals surface area (Å²) in [4.78, 5) is 26.6. The Bertz CT molecular complexity index is 620. The van der Waals surface area contributed by atoms with Crippen molar-refractivity contribution in [3.63, 3.8) is 0 Å². The zero-order chi connectivity index (χ0) is 16.7. The lowest BCUT2D eigenvalue weighted by atomic mass is 9.87. The molecule has 3 rings (SSSR count). The van der Waals surface area contributed by atoms with Crippen LogP contribution in [0.1, 0.15) is 5.56 Å². The third kappa shape index (κ3) is 2.78. The number of urea groups is 1. The lowest BCUT2D eigenvalue weighted by Gasteiger charge is -2.39. The van der Waals surface area contributed by atoms with E-state index in [1.165, 1.54) is 4.90 Å². The van der Waals surface area contributed by atoms with Crippen LogP contribution in [0.15, 0.2) is 30.3 Å². The summed E-state index contributed by atoms with van der Waals surface area (Å²) in [5, 5.41) is 3.03. The van der Waals surface area contributed by atoms with Crippen LogP contribution >= 0.6 is 0 Å². The van der Waals surface area contributed by atoms with E-state index >= 15 is 0 Å². The highest BCUT2D eigenvalue weighted by Crippen LogP contribution is 2.34. The number of rotatable bonds is 3. The van der Waals surface area contributed by atoms with Crippen LogP contribution in [0.25, 0.3) is 0 Å². The molecule has 2 fully saturated rings. The van der Waals surface area contributed by atoms with Gasteiger partial charge in [0.15, 0.2) is 0 Å². The molecule has 2 saturated heterocycles. The molecule has 3 amide bonds. The number of hydrogen-bond acceptors (Lipinski definition) is 3. The maximum absolute atomic E-state index is 12.7. The van der Waals surface area contributed by atoms with E-state index in [0.29, 0.717) is 11.4 Å². The van der Waals surface area contributed by atoms with E-state index in [9.17, 15) is 22.8 Å². The van der Waals surface area contributed by atoms with Crippen molar-refractivity contribution in [3.8, 4) is 0 Å². The van der Waals surface area contributed by atoms with Crippen molar-refractivity contribution in [2.45, 2.75) is 18.1 Å². The van der Waals surface area contributed by atoms with Crippen LogP contribution < -0.4 is 5.32 Å². The van der Waals surface area contributed by atoms with E-state index in [1.807, 2.05) is 6.07 Å². The van der Waals surface area contributed by atoms with Gasteiger partial charge < -0.3 is 10.2 Å². The molecule has 124 valence electrons. The molecule has 0 bridgehead atoms. The van der Waals surface area contributed by atoms with Gasteiger partial charge in [-0.1, -0.05) is 30.3 Å². The fourth-order valence-corrected chi connectivity index (χ4v) is 3.23. The molecule has 0 radical (unpaired) electrons. The molecule has 23 heavy (non-hydrogen) atoms. The molecular weight excluding hydrogens is 311 g/mol. The highest BCUT2D eigenvalue weighted by atomic mass is 19.4. The van der Waals surface area contributed by atoms with Crippen LogP contribution in [-0.2, 0) is 11.2 Å². The SMILES string of the molecule is O=C1N(CC(F)(F)F)C(=O)C2(Cc3ccccc3)CNCCN12. The van der Waals surface area contributed by atoms with Crippen LogP contribution in [0, 0.1) is 0 Å². The lowest BCUT2D eigenvalue weighted by molar-refractivity contribution is -0.155. The number of carbonyl (C=O) groups excluding carboxylic acids is 2. The summed E-state index contributed by atoms with van der Waals surface area (Å²) in [6.45, 7) is -0.723. The van der Waals surface area contributed by atoms with Crippen LogP contribution in [0.3, 0.4) is 0 Å². The Balaban J connectivity index is 1.95. The van der Waals surface area contributed by atoms with Gasteiger partial charge in [0.2, 0.25) is 0 Å². The first kappa shape index (κ1) is 15.8. The van der Waals surface area contributed by atoms with Crippen molar-refractivity contribution in [3.05, 3.63) is 35.9 Å². The zero-order valence-electron chi connectivity index (χ0n) is 12.3. The van der Waals surface area contributed by atoms with Crippen molar-refractivity contribution >= 4 is 11.9 Å². The minimum atomic E-state index is -4.61. The number of carbonyl (C=O) groups is 2. The maximum Gasteiger partial charge on any atom is 0.406 e. The second-order valence-corrected chi connectivity index (χ2v) is 5.81. The Hall–Kier alpha value is -2.09. The molecule has 2 aliphatic rings. The number of amides is 3. The lowest BCUT2D eigenvalue weighted by Crippen LogP contribution is -2.63. The average Bonchev–Trinajstić information content (AvgIpc) is 2.70. The third-order valence-electron chi connectivity index (χ3n) is 4.23. The first-order valence-corrected chi connectivity index (χ1v) is 7.28. The minimum absolute atomic E-state index is 0.154. The topological polar surface area (TPSA) is 52.7 Å². The third-order valence-corrected chi connectivity index (χ3v) is 4.23. The summed E-state index contributed by atoms with van der Waals surface area (Å²) >= 11 is 0. The number of nitrogens with one attached hydrogen (secondary N) is 1. The van der Waals surface area contributed by atoms with E-state index in [-0.39, 0.29) is 19.5 Å². The van der Waals surface area contributed by atoms with E-state index in [2.05, 4.69) is 5.32 Å². The largest absolute Gasteiger partial charge is 0.406 e. The number of benzene rings is 1. The molecule has 2 heterocycles. The van der Waals surface area contributed by atoms with Gasteiger partial charge in [-0.15, -0.1) is 0 Å². The molecule has 0 spiro atoms. The molecule has 0 saturated carbocycles. The average molecular weight is 327 g/mol. The second-order valence-electron chi connectivity index (χ2n) is 5.81. The van der Waals surface area contributed by atoms with Crippen LogP contribution in [0.4, 0.5) is 18.0 Å². The minimum Gasteiger partial charge on any atom is -0.312 e. The quantitative estimate of drug-likeness (QED) is 0.854. The molecule has 1 N–H and O–H groups in total. The van der Waals surface area contributed by atoms with Crippen LogP contribution in [0.2, 0.25) is 0 Å². The second kappa shape index (κ2) is 5.52. The first-order valence-electron chi connectivity index (χ1n) is 7.28. The van der Waals surface area contributed by atoms with Crippen LogP contribution in [0.5, 0.6) is 0 Å². The van der Waals surface area contributed by atoms with Gasteiger partial charge in [-0.2, -0.15) is 13.2 Å². The van der Waals surface area contributed by atoms with Crippen molar-refractivity contribution < 1.29 is 22.8 Å². The molecule has 1 aromatic rings. The molecule has 0 aliphatic carbocycles. The monoisotopic (exact) mass is 327 g/mol. The highest BCUT2D eigenvalue weighted by molar-refractivity contribution is 6.07.